The van der Waals surface area contributed by atoms with Crippen molar-refractivity contribution in [2.24, 2.45) is 0 Å². The fourth-order valence-corrected chi connectivity index (χ4v) is 8.78. The van der Waals surface area contributed by atoms with Crippen molar-refractivity contribution in [3.05, 3.63) is 194 Å². The average Bonchev–Trinajstić information content (AvgIpc) is 3.30. The lowest BCUT2D eigenvalue weighted by Gasteiger charge is -2.13. The number of fused-ring (bicyclic) bond motifs is 9. The van der Waals surface area contributed by atoms with Crippen LogP contribution in [0.1, 0.15) is 0 Å². The van der Waals surface area contributed by atoms with Gasteiger partial charge in [0.25, 0.3) is 0 Å². The fraction of sp³-hybridized carbons (Fsp3) is 0. The molecule has 0 atom stereocenters. The van der Waals surface area contributed by atoms with Crippen molar-refractivity contribution in [3.8, 4) is 45.0 Å². The highest BCUT2D eigenvalue weighted by atomic mass is 14.8. The van der Waals surface area contributed by atoms with Crippen LogP contribution in [0.3, 0.4) is 0 Å². The highest BCUT2D eigenvalue weighted by Gasteiger charge is 2.16. The zero-order valence-corrected chi connectivity index (χ0v) is 31.3. The molecule has 4 heteroatoms. The summed E-state index contributed by atoms with van der Waals surface area (Å²) in [4.78, 5) is 21.3. The van der Waals surface area contributed by atoms with Gasteiger partial charge in [0.15, 0.2) is 0 Å². The van der Waals surface area contributed by atoms with Gasteiger partial charge in [0, 0.05) is 43.8 Å². The van der Waals surface area contributed by atoms with Crippen LogP contribution in [0.25, 0.3) is 121 Å². The van der Waals surface area contributed by atoms with Gasteiger partial charge in [-0.2, -0.15) is 0 Å². The summed E-state index contributed by atoms with van der Waals surface area (Å²) in [6, 6.07) is 68.5. The fourth-order valence-electron chi connectivity index (χ4n) is 8.78. The first-order valence-electron chi connectivity index (χ1n) is 19.6. The van der Waals surface area contributed by atoms with E-state index in [0.29, 0.717) is 0 Å². The second kappa shape index (κ2) is 12.9. The summed E-state index contributed by atoms with van der Waals surface area (Å²) in [5.74, 6) is 0. The van der Waals surface area contributed by atoms with E-state index in [1.54, 1.807) is 0 Å². The molecule has 0 unspecified atom stereocenters. The van der Waals surface area contributed by atoms with Crippen molar-refractivity contribution in [1.82, 2.24) is 19.9 Å². The summed E-state index contributed by atoms with van der Waals surface area (Å²) in [5.41, 5.74) is 11.6. The standard InChI is InChI=1S/C54H32N4/c1-3-13-39-33(9-1)11-7-17-43(39)47-29-23-35-19-21-37-25-31-49(57-53(37)51(35)55-47)45-27-28-46(42-16-6-5-15-41(42)45)50-32-26-38-22-20-36-24-30-48(56-52(36)54(38)58-50)44-18-8-12-34-10-2-4-14-40(34)44/h1-32H. The van der Waals surface area contributed by atoms with Crippen LogP contribution in [0.5, 0.6) is 0 Å². The SMILES string of the molecule is c1ccc2c(-c3ccc4ccc5ccc(-c6ccc(-c7ccc8ccc9ccc(-c%10cccc%11ccccc%10%11)nc9c8n7)c7ccccc67)nc5c4n3)cccc2c1. The largest absolute Gasteiger partial charge is 0.245 e. The number of aromatic nitrogens is 4. The van der Waals surface area contributed by atoms with Gasteiger partial charge in [0.05, 0.1) is 44.8 Å². The van der Waals surface area contributed by atoms with Crippen LogP contribution in [0.4, 0.5) is 0 Å². The maximum absolute atomic E-state index is 5.36. The Bertz CT molecular complexity index is 3390. The lowest BCUT2D eigenvalue weighted by Crippen LogP contribution is -1.94. The van der Waals surface area contributed by atoms with E-state index in [-0.39, 0.29) is 0 Å². The van der Waals surface area contributed by atoms with Gasteiger partial charge in [-0.15, -0.1) is 0 Å². The van der Waals surface area contributed by atoms with Crippen molar-refractivity contribution in [2.45, 2.75) is 0 Å². The summed E-state index contributed by atoms with van der Waals surface area (Å²) in [6.07, 6.45) is 0. The Hall–Kier alpha value is -7.82. The number of pyridine rings is 4. The van der Waals surface area contributed by atoms with Crippen LogP contribution >= 0.6 is 0 Å². The molecule has 0 saturated carbocycles. The normalized spacial score (nSPS) is 11.8. The minimum atomic E-state index is 0.892. The molecule has 0 spiro atoms. The monoisotopic (exact) mass is 736 g/mol. The molecule has 58 heavy (non-hydrogen) atoms. The predicted molar refractivity (Wildman–Crippen MR) is 242 cm³/mol. The van der Waals surface area contributed by atoms with Gasteiger partial charge in [0.1, 0.15) is 0 Å². The Morgan fingerprint density at radius 2 is 0.466 bits per heavy atom. The van der Waals surface area contributed by atoms with Gasteiger partial charge in [-0.1, -0.05) is 170 Å². The summed E-state index contributed by atoms with van der Waals surface area (Å²) in [7, 11) is 0. The first-order valence-corrected chi connectivity index (χ1v) is 19.6. The van der Waals surface area contributed by atoms with Gasteiger partial charge in [-0.25, -0.2) is 19.9 Å². The van der Waals surface area contributed by atoms with Gasteiger partial charge < -0.3 is 0 Å². The van der Waals surface area contributed by atoms with Crippen LogP contribution < -0.4 is 0 Å². The third-order valence-corrected chi connectivity index (χ3v) is 11.6. The molecule has 0 saturated heterocycles. The lowest BCUT2D eigenvalue weighted by molar-refractivity contribution is 1.37. The van der Waals surface area contributed by atoms with Gasteiger partial charge in [-0.05, 0) is 56.6 Å². The van der Waals surface area contributed by atoms with Crippen LogP contribution in [0.15, 0.2) is 194 Å². The van der Waals surface area contributed by atoms with Crippen molar-refractivity contribution in [3.63, 3.8) is 0 Å². The van der Waals surface area contributed by atoms with Crippen molar-refractivity contribution in [2.75, 3.05) is 0 Å². The average molecular weight is 737 g/mol. The maximum Gasteiger partial charge on any atom is 0.0972 e. The Morgan fingerprint density at radius 3 is 0.828 bits per heavy atom. The third-order valence-electron chi connectivity index (χ3n) is 11.6. The summed E-state index contributed by atoms with van der Waals surface area (Å²) >= 11 is 0. The highest BCUT2D eigenvalue weighted by molar-refractivity contribution is 6.10. The number of nitrogens with zero attached hydrogens (tertiary/aromatic N) is 4. The molecule has 0 amide bonds. The summed E-state index contributed by atoms with van der Waals surface area (Å²) in [6.45, 7) is 0. The first kappa shape index (κ1) is 32.4. The molecule has 0 aliphatic carbocycles. The van der Waals surface area contributed by atoms with Crippen molar-refractivity contribution < 1.29 is 0 Å². The zero-order chi connectivity index (χ0) is 38.2. The van der Waals surface area contributed by atoms with Crippen LogP contribution in [-0.4, -0.2) is 19.9 Å². The minimum absolute atomic E-state index is 0.892. The van der Waals surface area contributed by atoms with Crippen LogP contribution in [0.2, 0.25) is 0 Å². The van der Waals surface area contributed by atoms with Gasteiger partial charge in [-0.3, -0.25) is 0 Å². The van der Waals surface area contributed by atoms with E-state index in [2.05, 4.69) is 194 Å². The van der Waals surface area contributed by atoms with E-state index in [9.17, 15) is 0 Å². The van der Waals surface area contributed by atoms with Crippen molar-refractivity contribution >= 4 is 75.9 Å². The molecule has 0 bridgehead atoms. The summed E-state index contributed by atoms with van der Waals surface area (Å²) in [5, 5.41) is 11.3. The quantitative estimate of drug-likeness (QED) is 0.169. The number of benzene rings is 8. The van der Waals surface area contributed by atoms with E-state index < -0.39 is 0 Å². The maximum atomic E-state index is 5.36. The molecule has 0 aliphatic heterocycles. The molecule has 12 aromatic rings. The van der Waals surface area contributed by atoms with E-state index in [4.69, 9.17) is 19.9 Å². The predicted octanol–water partition coefficient (Wildman–Crippen LogP) is 14.0. The molecule has 0 fully saturated rings. The Kier molecular flexibility index (Phi) is 7.20. The molecule has 12 rings (SSSR count). The molecule has 0 radical (unpaired) electrons. The zero-order valence-electron chi connectivity index (χ0n) is 31.3. The molecule has 4 nitrogen and oxygen atoms in total. The Labute approximate surface area is 333 Å². The molecule has 0 aliphatic rings. The summed E-state index contributed by atoms with van der Waals surface area (Å²) < 4.78 is 0. The number of hydrogen-bond donors (Lipinski definition) is 0. The van der Waals surface area contributed by atoms with E-state index in [1.807, 2.05) is 0 Å². The molecule has 268 valence electrons. The highest BCUT2D eigenvalue weighted by Crippen LogP contribution is 2.38. The molecule has 8 aromatic carbocycles. The minimum Gasteiger partial charge on any atom is -0.245 e. The third kappa shape index (κ3) is 5.16. The molecule has 4 heterocycles. The van der Waals surface area contributed by atoms with E-state index in [0.717, 1.165) is 99.4 Å². The second-order valence-corrected chi connectivity index (χ2v) is 15.0. The lowest BCUT2D eigenvalue weighted by atomic mass is 9.95. The molecule has 0 N–H and O–H groups in total. The van der Waals surface area contributed by atoms with E-state index >= 15 is 0 Å². The van der Waals surface area contributed by atoms with Gasteiger partial charge in [0.2, 0.25) is 0 Å². The Morgan fingerprint density at radius 1 is 0.190 bits per heavy atom. The van der Waals surface area contributed by atoms with Crippen LogP contribution in [-0.2, 0) is 0 Å². The molecular weight excluding hydrogens is 705 g/mol. The van der Waals surface area contributed by atoms with Crippen molar-refractivity contribution in [1.29, 1.82) is 0 Å². The topological polar surface area (TPSA) is 51.6 Å². The second-order valence-electron chi connectivity index (χ2n) is 15.0. The molecular formula is C54H32N4. The van der Waals surface area contributed by atoms with E-state index in [1.165, 1.54) is 21.5 Å². The first-order chi connectivity index (χ1) is 28.7. The molecule has 4 aromatic heterocycles. The number of rotatable bonds is 4. The van der Waals surface area contributed by atoms with Crippen LogP contribution in [0, 0.1) is 0 Å². The number of hydrogen-bond acceptors (Lipinski definition) is 4. The smallest absolute Gasteiger partial charge is 0.0972 e. The Balaban J connectivity index is 0.992. The van der Waals surface area contributed by atoms with Gasteiger partial charge >= 0.3 is 0 Å².